The Morgan fingerprint density at radius 2 is 1.27 bits per heavy atom. The summed E-state index contributed by atoms with van der Waals surface area (Å²) in [4.78, 5) is 64.5. The third kappa shape index (κ3) is 9.24. The number of aliphatic hydroxyl groups is 1. The third-order valence-corrected chi connectivity index (χ3v) is 8.31. The molecule has 55 heavy (non-hydrogen) atoms. The summed E-state index contributed by atoms with van der Waals surface area (Å²) in [6.45, 7) is 19.9. The van der Waals surface area contributed by atoms with E-state index in [1.54, 1.807) is 26.8 Å². The van der Waals surface area contributed by atoms with Gasteiger partial charge in [0.25, 0.3) is 0 Å². The quantitative estimate of drug-likeness (QED) is 0.0935. The molecular formula is C40H44O15. The summed E-state index contributed by atoms with van der Waals surface area (Å²) in [6, 6.07) is 4.22. The van der Waals surface area contributed by atoms with E-state index in [2.05, 4.69) is 19.7 Å². The number of aliphatic hydroxyl groups excluding tert-OH is 1. The molecule has 1 aromatic heterocycles. The first-order valence-corrected chi connectivity index (χ1v) is 17.0. The summed E-state index contributed by atoms with van der Waals surface area (Å²) in [6.07, 6.45) is -9.38. The summed E-state index contributed by atoms with van der Waals surface area (Å²) in [5, 5.41) is 33.4. The maximum absolute atomic E-state index is 14.2. The van der Waals surface area contributed by atoms with Gasteiger partial charge in [-0.2, -0.15) is 0 Å². The van der Waals surface area contributed by atoms with Crippen molar-refractivity contribution in [1.29, 1.82) is 0 Å². The van der Waals surface area contributed by atoms with Crippen molar-refractivity contribution in [3.05, 3.63) is 81.6 Å². The Morgan fingerprint density at radius 1 is 0.745 bits per heavy atom. The van der Waals surface area contributed by atoms with E-state index in [9.17, 15) is 39.3 Å². The lowest BCUT2D eigenvalue weighted by atomic mass is 9.93. The summed E-state index contributed by atoms with van der Waals surface area (Å²) in [5.41, 5.74) is 1.46. The van der Waals surface area contributed by atoms with Crippen molar-refractivity contribution in [2.24, 2.45) is 0 Å². The fourth-order valence-electron chi connectivity index (χ4n) is 6.29. The number of rotatable bonds is 13. The van der Waals surface area contributed by atoms with Crippen LogP contribution in [0.2, 0.25) is 0 Å². The van der Waals surface area contributed by atoms with Gasteiger partial charge in [-0.15, -0.1) is 0 Å². The summed E-state index contributed by atoms with van der Waals surface area (Å²) in [7, 11) is 1.38. The molecule has 0 amide bonds. The van der Waals surface area contributed by atoms with Crippen LogP contribution >= 0.6 is 0 Å². The van der Waals surface area contributed by atoms with Crippen molar-refractivity contribution < 1.29 is 67.3 Å². The molecule has 4 rings (SSSR count). The van der Waals surface area contributed by atoms with E-state index in [-0.39, 0.29) is 64.4 Å². The first kappa shape index (κ1) is 41.8. The lowest BCUT2D eigenvalue weighted by molar-refractivity contribution is -0.288. The van der Waals surface area contributed by atoms with Crippen LogP contribution in [-0.2, 0) is 57.4 Å². The van der Waals surface area contributed by atoms with Gasteiger partial charge < -0.3 is 48.2 Å². The molecule has 1 saturated heterocycles. The van der Waals surface area contributed by atoms with E-state index in [4.69, 9.17) is 32.8 Å². The van der Waals surface area contributed by atoms with Gasteiger partial charge in [0.1, 0.15) is 28.2 Å². The minimum atomic E-state index is -2.08. The van der Waals surface area contributed by atoms with Gasteiger partial charge in [0.15, 0.2) is 47.6 Å². The number of phenolic OH excluding ortho intramolecular Hbond substituents is 2. The molecule has 0 unspecified atom stereocenters. The molecule has 5 atom stereocenters. The normalized spacial score (nSPS) is 19.2. The highest BCUT2D eigenvalue weighted by Crippen LogP contribution is 2.45. The highest BCUT2D eigenvalue weighted by Gasteiger charge is 2.54. The molecule has 0 saturated carbocycles. The minimum absolute atomic E-state index is 0.0200. The number of hydrogen-bond donors (Lipinski definition) is 3. The molecule has 1 aliphatic rings. The van der Waals surface area contributed by atoms with Crippen LogP contribution in [0.3, 0.4) is 0 Å². The molecule has 294 valence electrons. The predicted octanol–water partition coefficient (Wildman–Crippen LogP) is 4.65. The largest absolute Gasteiger partial charge is 0.507 e. The number of methoxy groups -OCH3 is 1. The number of phenols is 2. The van der Waals surface area contributed by atoms with E-state index >= 15 is 0 Å². The van der Waals surface area contributed by atoms with Crippen molar-refractivity contribution >= 4 is 34.8 Å². The van der Waals surface area contributed by atoms with Crippen molar-refractivity contribution in [2.75, 3.05) is 7.11 Å². The van der Waals surface area contributed by atoms with Crippen molar-refractivity contribution in [3.8, 4) is 34.3 Å². The van der Waals surface area contributed by atoms with E-state index in [1.807, 2.05) is 0 Å². The van der Waals surface area contributed by atoms with Gasteiger partial charge >= 0.3 is 23.9 Å². The van der Waals surface area contributed by atoms with Crippen LogP contribution in [0.1, 0.15) is 58.2 Å². The molecule has 3 N–H and O–H groups in total. The van der Waals surface area contributed by atoms with Gasteiger partial charge in [0.05, 0.1) is 7.11 Å². The zero-order chi connectivity index (χ0) is 41.0. The van der Waals surface area contributed by atoms with Crippen LogP contribution in [0.15, 0.2) is 63.9 Å². The lowest BCUT2D eigenvalue weighted by Crippen LogP contribution is -2.63. The predicted molar refractivity (Wildman–Crippen MR) is 197 cm³/mol. The van der Waals surface area contributed by atoms with E-state index in [0.29, 0.717) is 27.8 Å². The smallest absolute Gasteiger partial charge is 0.344 e. The van der Waals surface area contributed by atoms with E-state index in [1.165, 1.54) is 13.2 Å². The highest BCUT2D eigenvalue weighted by molar-refractivity contribution is 5.93. The topological polar surface area (TPSA) is 215 Å². The molecule has 2 aromatic carbocycles. The third-order valence-electron chi connectivity index (χ3n) is 8.31. The Labute approximate surface area is 316 Å². The van der Waals surface area contributed by atoms with Crippen molar-refractivity contribution in [1.82, 2.24) is 0 Å². The Bertz CT molecular complexity index is 2140. The van der Waals surface area contributed by atoms with Crippen LogP contribution < -0.4 is 14.9 Å². The molecule has 1 fully saturated rings. The number of allylic oxidation sites excluding steroid dienone is 3. The maximum atomic E-state index is 14.2. The number of aromatic hydroxyl groups is 2. The number of esters is 4. The maximum Gasteiger partial charge on any atom is 0.344 e. The van der Waals surface area contributed by atoms with Gasteiger partial charge in [0.2, 0.25) is 0 Å². The molecule has 1 aliphatic heterocycles. The average molecular weight is 765 g/mol. The number of ether oxygens (including phenoxy) is 6. The summed E-state index contributed by atoms with van der Waals surface area (Å²) in [5.74, 6) is -5.07. The van der Waals surface area contributed by atoms with Crippen LogP contribution in [-0.4, -0.2) is 77.0 Å². The van der Waals surface area contributed by atoms with Gasteiger partial charge in [-0.1, -0.05) is 36.5 Å². The highest BCUT2D eigenvalue weighted by atomic mass is 16.7. The van der Waals surface area contributed by atoms with E-state index < -0.39 is 65.8 Å². The fraction of sp³-hybridized carbons (Fsp3) is 0.375. The van der Waals surface area contributed by atoms with Crippen molar-refractivity contribution in [3.63, 3.8) is 0 Å². The molecule has 2 heterocycles. The SMILES string of the molecule is C=C(C)Cc1c(-c2cc(=O)c3c(O)c(CC(=C)C)c(OC(=O)[C@H]4O[C@@H](O)[C@H](OC(C)=O)[C@@H](OC(C)=O)[C@@H]4OC(C)=O)c(CC(=C)C)c3o2)ccc(OC)c1O. The van der Waals surface area contributed by atoms with Crippen LogP contribution in [0.4, 0.5) is 0 Å². The molecule has 15 nitrogen and oxygen atoms in total. The van der Waals surface area contributed by atoms with Crippen LogP contribution in [0, 0.1) is 0 Å². The summed E-state index contributed by atoms with van der Waals surface area (Å²) < 4.78 is 38.9. The van der Waals surface area contributed by atoms with Gasteiger partial charge in [0, 0.05) is 61.9 Å². The average Bonchev–Trinajstić information content (AvgIpc) is 3.06. The van der Waals surface area contributed by atoms with Crippen LogP contribution in [0.25, 0.3) is 22.3 Å². The van der Waals surface area contributed by atoms with Gasteiger partial charge in [-0.05, 0) is 39.3 Å². The number of fused-ring (bicyclic) bond motifs is 1. The number of benzene rings is 2. The van der Waals surface area contributed by atoms with E-state index in [0.717, 1.165) is 26.8 Å². The second kappa shape index (κ2) is 17.0. The molecule has 15 heteroatoms. The molecule has 0 spiro atoms. The monoisotopic (exact) mass is 764 g/mol. The second-order valence-electron chi connectivity index (χ2n) is 13.4. The first-order chi connectivity index (χ1) is 25.7. The Hall–Kier alpha value is -5.93. The van der Waals surface area contributed by atoms with Crippen molar-refractivity contribution in [2.45, 2.75) is 91.5 Å². The minimum Gasteiger partial charge on any atom is -0.507 e. The number of carbonyl (C=O) groups is 4. The summed E-state index contributed by atoms with van der Waals surface area (Å²) >= 11 is 0. The molecule has 0 bridgehead atoms. The number of hydrogen-bond acceptors (Lipinski definition) is 15. The number of carbonyl (C=O) groups excluding carboxylic acids is 4. The zero-order valence-corrected chi connectivity index (χ0v) is 31.6. The standard InChI is InChI=1S/C40H44O15/c1-17(2)13-24-23(11-12-28(49-10)31(24)45)29-16-27(44)30-32(46)25(14-18(3)4)33(26(15-19(5)6)34(30)53-29)54-40(48)38-36(51-21(8)42)35(50-20(7)41)37(39(47)55-38)52-22(9)43/h11-12,16,35-39,45-47H,1,3,5,13-15H2,2,4,6-10H3/t35-,36-,37+,38-,39+/m0/s1. The first-order valence-electron chi connectivity index (χ1n) is 17.0. The molecule has 3 aromatic rings. The van der Waals surface area contributed by atoms with Crippen LogP contribution in [0.5, 0.6) is 23.0 Å². The Morgan fingerprint density at radius 3 is 1.82 bits per heavy atom. The lowest BCUT2D eigenvalue weighted by Gasteiger charge is -2.41. The molecule has 0 aliphatic carbocycles. The van der Waals surface area contributed by atoms with Gasteiger partial charge in [-0.25, -0.2) is 4.79 Å². The Balaban J connectivity index is 2.02. The molecular weight excluding hydrogens is 720 g/mol. The Kier molecular flexibility index (Phi) is 13.0. The molecule has 0 radical (unpaired) electrons. The fourth-order valence-corrected chi connectivity index (χ4v) is 6.29. The second-order valence-corrected chi connectivity index (χ2v) is 13.4. The van der Waals surface area contributed by atoms with Gasteiger partial charge in [-0.3, -0.25) is 19.2 Å². The zero-order valence-electron chi connectivity index (χ0n) is 31.6.